The summed E-state index contributed by atoms with van der Waals surface area (Å²) in [5, 5.41) is 17.9. The summed E-state index contributed by atoms with van der Waals surface area (Å²) in [4.78, 5) is 0. The normalized spacial score (nSPS) is 12.1. The molecule has 0 aliphatic carbocycles. The number of benzene rings is 11. The molecule has 0 spiro atoms. The highest BCUT2D eigenvalue weighted by Crippen LogP contribution is 2.47. The molecule has 13 aromatic rings. The Morgan fingerprint density at radius 2 is 0.793 bits per heavy atom. The Kier molecular flexibility index (Phi) is 6.66. The fourth-order valence-electron chi connectivity index (χ4n) is 9.90. The summed E-state index contributed by atoms with van der Waals surface area (Å²) in [6, 6.07) is 74.6. The van der Waals surface area contributed by atoms with Crippen molar-refractivity contribution in [1.82, 2.24) is 4.57 Å². The summed E-state index contributed by atoms with van der Waals surface area (Å²) in [5.74, 6) is 0. The van der Waals surface area contributed by atoms with Crippen molar-refractivity contribution < 1.29 is 0 Å². The van der Waals surface area contributed by atoms with Crippen molar-refractivity contribution in [2.45, 2.75) is 0 Å². The third-order valence-corrected chi connectivity index (χ3v) is 13.6. The van der Waals surface area contributed by atoms with E-state index in [9.17, 15) is 0 Å². The van der Waals surface area contributed by atoms with Gasteiger partial charge in [0.05, 0.1) is 11.0 Å². The molecule has 0 saturated carbocycles. The minimum absolute atomic E-state index is 1.17. The van der Waals surface area contributed by atoms with Gasteiger partial charge in [-0.15, -0.1) is 11.3 Å². The first kappa shape index (κ1) is 31.9. The van der Waals surface area contributed by atoms with Gasteiger partial charge in [-0.1, -0.05) is 140 Å². The van der Waals surface area contributed by atoms with Crippen molar-refractivity contribution in [1.29, 1.82) is 0 Å². The van der Waals surface area contributed by atoms with Crippen LogP contribution in [0.2, 0.25) is 0 Å². The number of aromatic nitrogens is 1. The molecule has 0 aliphatic heterocycles. The van der Waals surface area contributed by atoms with Crippen molar-refractivity contribution in [3.8, 4) is 27.9 Å². The third-order valence-electron chi connectivity index (χ3n) is 12.5. The molecule has 0 radical (unpaired) electrons. The maximum atomic E-state index is 2.45. The molecule has 1 nitrogen and oxygen atoms in total. The van der Waals surface area contributed by atoms with E-state index in [-0.39, 0.29) is 0 Å². The smallest absolute Gasteiger partial charge is 0.0547 e. The van der Waals surface area contributed by atoms with E-state index in [0.29, 0.717) is 0 Å². The molecule has 0 saturated heterocycles. The van der Waals surface area contributed by atoms with Crippen LogP contribution in [-0.4, -0.2) is 4.57 Å². The van der Waals surface area contributed by atoms with Gasteiger partial charge in [0.15, 0.2) is 0 Å². The van der Waals surface area contributed by atoms with Crippen LogP contribution in [0.4, 0.5) is 0 Å². The monoisotopic (exact) mass is 751 g/mol. The van der Waals surface area contributed by atoms with Crippen molar-refractivity contribution in [2.24, 2.45) is 0 Å². The van der Waals surface area contributed by atoms with Gasteiger partial charge in [-0.05, 0) is 137 Å². The maximum Gasteiger partial charge on any atom is 0.0547 e. The quantitative estimate of drug-likeness (QED) is 0.125. The van der Waals surface area contributed by atoms with Gasteiger partial charge in [0.25, 0.3) is 0 Å². The third kappa shape index (κ3) is 4.58. The summed E-state index contributed by atoms with van der Waals surface area (Å²) >= 11 is 1.90. The highest BCUT2D eigenvalue weighted by molar-refractivity contribution is 7.25. The summed E-state index contributed by atoms with van der Waals surface area (Å²) in [5.41, 5.74) is 8.64. The molecule has 0 aliphatic rings. The van der Waals surface area contributed by atoms with Gasteiger partial charge >= 0.3 is 0 Å². The molecule has 13 rings (SSSR count). The summed E-state index contributed by atoms with van der Waals surface area (Å²) in [7, 11) is 0. The molecule has 2 heterocycles. The first-order valence-electron chi connectivity index (χ1n) is 20.0. The predicted octanol–water partition coefficient (Wildman–Crippen LogP) is 16.3. The van der Waals surface area contributed by atoms with Crippen LogP contribution in [0, 0.1) is 0 Å². The Morgan fingerprint density at radius 1 is 0.276 bits per heavy atom. The molecule has 0 bridgehead atoms. The molecule has 0 N–H and O–H groups in total. The summed E-state index contributed by atoms with van der Waals surface area (Å²) in [6.07, 6.45) is 0. The molecule has 2 heteroatoms. The lowest BCUT2D eigenvalue weighted by Crippen LogP contribution is -1.93. The zero-order valence-electron chi connectivity index (χ0n) is 31.4. The van der Waals surface area contributed by atoms with Crippen LogP contribution in [0.25, 0.3) is 124 Å². The van der Waals surface area contributed by atoms with Gasteiger partial charge in [0, 0.05) is 36.6 Å². The van der Waals surface area contributed by atoms with Gasteiger partial charge < -0.3 is 4.57 Å². The number of fused-ring (bicyclic) bond motifs is 12. The topological polar surface area (TPSA) is 4.93 Å². The lowest BCUT2D eigenvalue weighted by atomic mass is 9.85. The second kappa shape index (κ2) is 12.1. The lowest BCUT2D eigenvalue weighted by Gasteiger charge is -2.18. The predicted molar refractivity (Wildman–Crippen MR) is 252 cm³/mol. The second-order valence-electron chi connectivity index (χ2n) is 15.6. The highest BCUT2D eigenvalue weighted by atomic mass is 32.1. The molecule has 0 unspecified atom stereocenters. The van der Waals surface area contributed by atoms with Crippen LogP contribution in [0.5, 0.6) is 0 Å². The average molecular weight is 752 g/mol. The number of nitrogens with zero attached hydrogens (tertiary/aromatic N) is 1. The van der Waals surface area contributed by atoms with Crippen molar-refractivity contribution in [3.05, 3.63) is 200 Å². The van der Waals surface area contributed by atoms with E-state index in [1.165, 1.54) is 124 Å². The second-order valence-corrected chi connectivity index (χ2v) is 16.7. The van der Waals surface area contributed by atoms with Gasteiger partial charge in [-0.3, -0.25) is 0 Å². The fraction of sp³-hybridized carbons (Fsp3) is 0. The number of hydrogen-bond donors (Lipinski definition) is 0. The van der Waals surface area contributed by atoms with E-state index in [1.54, 1.807) is 0 Å². The molecule has 2 aromatic heterocycles. The zero-order chi connectivity index (χ0) is 37.9. The van der Waals surface area contributed by atoms with E-state index in [2.05, 4.69) is 205 Å². The molecule has 0 atom stereocenters. The minimum atomic E-state index is 1.17. The average Bonchev–Trinajstić information content (AvgIpc) is 3.80. The van der Waals surface area contributed by atoms with Crippen molar-refractivity contribution in [3.63, 3.8) is 0 Å². The zero-order valence-corrected chi connectivity index (χ0v) is 32.2. The van der Waals surface area contributed by atoms with Crippen LogP contribution >= 0.6 is 11.3 Å². The van der Waals surface area contributed by atoms with E-state index in [4.69, 9.17) is 0 Å². The molecule has 0 fully saturated rings. The van der Waals surface area contributed by atoms with Crippen LogP contribution in [0.3, 0.4) is 0 Å². The molecule has 0 amide bonds. The van der Waals surface area contributed by atoms with Crippen LogP contribution in [0.1, 0.15) is 0 Å². The van der Waals surface area contributed by atoms with Crippen LogP contribution < -0.4 is 0 Å². The summed E-state index contributed by atoms with van der Waals surface area (Å²) in [6.45, 7) is 0. The van der Waals surface area contributed by atoms with E-state index < -0.39 is 0 Å². The van der Waals surface area contributed by atoms with Crippen LogP contribution in [-0.2, 0) is 0 Å². The first-order chi connectivity index (χ1) is 28.7. The molecule has 58 heavy (non-hydrogen) atoms. The number of hydrogen-bond acceptors (Lipinski definition) is 1. The van der Waals surface area contributed by atoms with Gasteiger partial charge in [0.2, 0.25) is 0 Å². The van der Waals surface area contributed by atoms with Crippen molar-refractivity contribution in [2.75, 3.05) is 0 Å². The molecular formula is C56H33NS. The summed E-state index contributed by atoms with van der Waals surface area (Å²) < 4.78 is 5.08. The highest BCUT2D eigenvalue weighted by Gasteiger charge is 2.20. The van der Waals surface area contributed by atoms with Crippen molar-refractivity contribution >= 4 is 107 Å². The standard InChI is InChI=1S/C56H33NS/c1-2-15-40(16-3-1)57-51-26-24-38(30-47(51)48-28-35-13-4-5-14-36(35)32-52(48)57)55-42-18-8-10-20-44(42)56(45-21-11-9-19-43(45)55)39-25-27-53-49(31-39)50-29-37-23-22-34-12-6-7-17-41(34)46(37)33-54(50)58-53/h1-33H. The molecular weight excluding hydrogens is 719 g/mol. The van der Waals surface area contributed by atoms with E-state index in [0.717, 1.165) is 0 Å². The molecule has 268 valence electrons. The first-order valence-corrected chi connectivity index (χ1v) is 20.8. The van der Waals surface area contributed by atoms with Gasteiger partial charge in [-0.2, -0.15) is 0 Å². The Labute approximate surface area is 338 Å². The maximum absolute atomic E-state index is 2.45. The van der Waals surface area contributed by atoms with Gasteiger partial charge in [0.1, 0.15) is 0 Å². The fourth-order valence-corrected chi connectivity index (χ4v) is 11.0. The van der Waals surface area contributed by atoms with E-state index >= 15 is 0 Å². The van der Waals surface area contributed by atoms with Crippen LogP contribution in [0.15, 0.2) is 200 Å². The Hall–Kier alpha value is -7.26. The largest absolute Gasteiger partial charge is 0.309 e. The minimum Gasteiger partial charge on any atom is -0.309 e. The van der Waals surface area contributed by atoms with E-state index in [1.807, 2.05) is 11.3 Å². The number of para-hydroxylation sites is 1. The molecule has 11 aromatic carbocycles. The van der Waals surface area contributed by atoms with Gasteiger partial charge in [-0.25, -0.2) is 0 Å². The Bertz CT molecular complexity index is 3790. The lowest BCUT2D eigenvalue weighted by molar-refractivity contribution is 1.18. The SMILES string of the molecule is c1ccc(-n2c3ccc(-c4c5ccccc5c(-c5ccc6sc7cc8c(ccc9ccccc98)cc7c6c5)c5ccccc45)cc3c3cc4ccccc4cc32)cc1. The number of rotatable bonds is 3. The Balaban J connectivity index is 1.06. The number of thiophene rings is 1. The Morgan fingerprint density at radius 3 is 1.50 bits per heavy atom.